The van der Waals surface area contributed by atoms with Crippen LogP contribution in [0.3, 0.4) is 0 Å². The number of rotatable bonds is 5. The molecule has 29 heavy (non-hydrogen) atoms. The van der Waals surface area contributed by atoms with Gasteiger partial charge in [0.2, 0.25) is 5.91 Å². The summed E-state index contributed by atoms with van der Waals surface area (Å²) in [5, 5.41) is 4.79. The van der Waals surface area contributed by atoms with Gasteiger partial charge >= 0.3 is 0 Å². The predicted octanol–water partition coefficient (Wildman–Crippen LogP) is 4.81. The summed E-state index contributed by atoms with van der Waals surface area (Å²) in [7, 11) is 1.61. The Hall–Kier alpha value is -2.63. The highest BCUT2D eigenvalue weighted by Gasteiger charge is 2.32. The van der Waals surface area contributed by atoms with Crippen LogP contribution in [0.1, 0.15) is 24.0 Å². The van der Waals surface area contributed by atoms with Crippen molar-refractivity contribution in [3.63, 3.8) is 0 Å². The number of nitrogens with zero attached hydrogens (tertiary/aromatic N) is 2. The van der Waals surface area contributed by atoms with Crippen molar-refractivity contribution >= 4 is 34.1 Å². The van der Waals surface area contributed by atoms with Crippen LogP contribution in [-0.2, 0) is 11.3 Å². The lowest BCUT2D eigenvalue weighted by atomic mass is 10.1. The van der Waals surface area contributed by atoms with Crippen LogP contribution in [0.25, 0.3) is 10.9 Å². The number of amides is 1. The van der Waals surface area contributed by atoms with Crippen molar-refractivity contribution in [3.8, 4) is 5.75 Å². The lowest BCUT2D eigenvalue weighted by Crippen LogP contribution is -2.39. The van der Waals surface area contributed by atoms with E-state index in [1.54, 1.807) is 13.3 Å². The molecule has 1 aromatic heterocycles. The molecule has 5 nitrogen and oxygen atoms in total. The van der Waals surface area contributed by atoms with Crippen LogP contribution < -0.4 is 10.1 Å². The number of ether oxygens (including phenoxy) is 1. The third-order valence-corrected chi connectivity index (χ3v) is 5.82. The summed E-state index contributed by atoms with van der Waals surface area (Å²) in [6.07, 6.45) is 3.56. The third kappa shape index (κ3) is 4.07. The molecule has 6 heteroatoms. The first-order valence-electron chi connectivity index (χ1n) is 9.78. The number of nitrogens with one attached hydrogen (secondary N) is 1. The molecule has 0 saturated carbocycles. The number of aryl methyl sites for hydroxylation is 1. The lowest BCUT2D eigenvalue weighted by Gasteiger charge is -2.25. The maximum Gasteiger partial charge on any atom is 0.241 e. The number of hydrogen-bond donors (Lipinski definition) is 1. The van der Waals surface area contributed by atoms with Gasteiger partial charge < -0.3 is 10.1 Å². The van der Waals surface area contributed by atoms with E-state index in [1.807, 2.05) is 49.4 Å². The fourth-order valence-electron chi connectivity index (χ4n) is 3.98. The highest BCUT2D eigenvalue weighted by atomic mass is 35.5. The normalized spacial score (nSPS) is 16.9. The van der Waals surface area contributed by atoms with Gasteiger partial charge in [-0.05, 0) is 56.1 Å². The van der Waals surface area contributed by atoms with Gasteiger partial charge in [0.15, 0.2) is 0 Å². The number of carbonyl (C=O) groups excluding carboxylic acids is 1. The third-order valence-electron chi connectivity index (χ3n) is 5.46. The van der Waals surface area contributed by atoms with Crippen LogP contribution in [-0.4, -0.2) is 35.5 Å². The Morgan fingerprint density at radius 3 is 3.00 bits per heavy atom. The first kappa shape index (κ1) is 19.7. The van der Waals surface area contributed by atoms with Gasteiger partial charge in [-0.1, -0.05) is 29.8 Å². The summed E-state index contributed by atoms with van der Waals surface area (Å²) in [5.41, 5.74) is 3.64. The van der Waals surface area contributed by atoms with E-state index in [9.17, 15) is 4.79 Å². The van der Waals surface area contributed by atoms with Gasteiger partial charge in [0, 0.05) is 28.7 Å². The topological polar surface area (TPSA) is 54.5 Å². The summed E-state index contributed by atoms with van der Waals surface area (Å²) >= 11 is 6.51. The Morgan fingerprint density at radius 2 is 2.17 bits per heavy atom. The van der Waals surface area contributed by atoms with E-state index >= 15 is 0 Å². The first-order chi connectivity index (χ1) is 14.1. The standard InChI is InChI=1S/C23H24ClN3O2/c1-15-7-10-21(29-2)19(13-15)26-23(28)20-6-4-12-27(20)14-17-18(24)9-8-16-5-3-11-25-22(16)17/h3,5,7-11,13,20H,4,6,12,14H2,1-2H3,(H,26,28). The zero-order valence-electron chi connectivity index (χ0n) is 16.6. The minimum absolute atomic E-state index is 0.0179. The Labute approximate surface area is 175 Å². The molecule has 1 N–H and O–H groups in total. The second-order valence-corrected chi connectivity index (χ2v) is 7.83. The Balaban J connectivity index is 1.57. The number of methoxy groups -OCH3 is 1. The van der Waals surface area contributed by atoms with E-state index < -0.39 is 0 Å². The van der Waals surface area contributed by atoms with E-state index in [1.165, 1.54) is 0 Å². The van der Waals surface area contributed by atoms with Crippen LogP contribution in [0.15, 0.2) is 48.7 Å². The van der Waals surface area contributed by atoms with Gasteiger partial charge in [-0.15, -0.1) is 0 Å². The fourth-order valence-corrected chi connectivity index (χ4v) is 4.19. The predicted molar refractivity (Wildman–Crippen MR) is 117 cm³/mol. The quantitative estimate of drug-likeness (QED) is 0.657. The van der Waals surface area contributed by atoms with E-state index in [-0.39, 0.29) is 11.9 Å². The highest BCUT2D eigenvalue weighted by molar-refractivity contribution is 6.32. The molecule has 1 atom stereocenters. The van der Waals surface area contributed by atoms with Crippen molar-refractivity contribution in [2.45, 2.75) is 32.4 Å². The van der Waals surface area contributed by atoms with Crippen LogP contribution in [0, 0.1) is 6.92 Å². The second-order valence-electron chi connectivity index (χ2n) is 7.42. The van der Waals surface area contributed by atoms with Crippen LogP contribution in [0.5, 0.6) is 5.75 Å². The van der Waals surface area contributed by atoms with E-state index in [0.29, 0.717) is 23.0 Å². The molecule has 1 aliphatic heterocycles. The average Bonchev–Trinajstić information content (AvgIpc) is 3.19. The Bertz CT molecular complexity index is 1050. The maximum atomic E-state index is 13.1. The zero-order chi connectivity index (χ0) is 20.4. The largest absolute Gasteiger partial charge is 0.495 e. The molecule has 1 unspecified atom stereocenters. The molecule has 1 aliphatic rings. The molecule has 0 aliphatic carbocycles. The van der Waals surface area contributed by atoms with Gasteiger partial charge in [0.1, 0.15) is 5.75 Å². The molecule has 1 amide bonds. The smallest absolute Gasteiger partial charge is 0.241 e. The molecule has 1 saturated heterocycles. The van der Waals surface area contributed by atoms with Crippen molar-refractivity contribution in [1.82, 2.24) is 9.88 Å². The number of likely N-dealkylation sites (tertiary alicyclic amines) is 1. The number of benzene rings is 2. The Morgan fingerprint density at radius 1 is 1.31 bits per heavy atom. The second kappa shape index (κ2) is 8.39. The Kier molecular flexibility index (Phi) is 5.69. The minimum atomic E-state index is -0.213. The van der Waals surface area contributed by atoms with Crippen molar-refractivity contribution < 1.29 is 9.53 Å². The first-order valence-corrected chi connectivity index (χ1v) is 10.2. The fraction of sp³-hybridized carbons (Fsp3) is 0.304. The molecular weight excluding hydrogens is 386 g/mol. The number of aromatic nitrogens is 1. The number of carbonyl (C=O) groups is 1. The summed E-state index contributed by atoms with van der Waals surface area (Å²) in [5.74, 6) is 0.644. The number of hydrogen-bond acceptors (Lipinski definition) is 4. The van der Waals surface area contributed by atoms with E-state index in [2.05, 4.69) is 15.2 Å². The number of fused-ring (bicyclic) bond motifs is 1. The van der Waals surface area contributed by atoms with E-state index in [4.69, 9.17) is 16.3 Å². The van der Waals surface area contributed by atoms with Gasteiger partial charge in [0.05, 0.1) is 24.4 Å². The molecular formula is C23H24ClN3O2. The molecule has 0 radical (unpaired) electrons. The lowest BCUT2D eigenvalue weighted by molar-refractivity contribution is -0.120. The summed E-state index contributed by atoms with van der Waals surface area (Å²) in [6, 6.07) is 13.4. The molecule has 150 valence electrons. The summed E-state index contributed by atoms with van der Waals surface area (Å²) < 4.78 is 5.40. The molecule has 2 aromatic carbocycles. The minimum Gasteiger partial charge on any atom is -0.495 e. The van der Waals surface area contributed by atoms with Crippen LogP contribution in [0.2, 0.25) is 5.02 Å². The van der Waals surface area contributed by atoms with Gasteiger partial charge in [-0.25, -0.2) is 0 Å². The van der Waals surface area contributed by atoms with Crippen molar-refractivity contribution in [2.75, 3.05) is 19.0 Å². The molecule has 4 rings (SSSR count). The maximum absolute atomic E-state index is 13.1. The van der Waals surface area contributed by atoms with Gasteiger partial charge in [-0.2, -0.15) is 0 Å². The van der Waals surface area contributed by atoms with Crippen molar-refractivity contribution in [1.29, 1.82) is 0 Å². The monoisotopic (exact) mass is 409 g/mol. The number of pyridine rings is 1. The van der Waals surface area contributed by atoms with Crippen LogP contribution in [0.4, 0.5) is 5.69 Å². The number of halogens is 1. The van der Waals surface area contributed by atoms with Crippen molar-refractivity contribution in [3.05, 3.63) is 64.8 Å². The number of anilines is 1. The molecule has 2 heterocycles. The molecule has 1 fully saturated rings. The summed E-state index contributed by atoms with van der Waals surface area (Å²) in [4.78, 5) is 19.8. The van der Waals surface area contributed by atoms with Crippen molar-refractivity contribution in [2.24, 2.45) is 0 Å². The molecule has 0 bridgehead atoms. The molecule has 0 spiro atoms. The highest BCUT2D eigenvalue weighted by Crippen LogP contribution is 2.30. The van der Waals surface area contributed by atoms with E-state index in [0.717, 1.165) is 41.4 Å². The SMILES string of the molecule is COc1ccc(C)cc1NC(=O)C1CCCN1Cc1c(Cl)ccc2cccnc12. The van der Waals surface area contributed by atoms with Gasteiger partial charge in [-0.3, -0.25) is 14.7 Å². The molecule has 3 aromatic rings. The van der Waals surface area contributed by atoms with Crippen LogP contribution >= 0.6 is 11.6 Å². The average molecular weight is 410 g/mol. The van der Waals surface area contributed by atoms with Gasteiger partial charge in [0.25, 0.3) is 0 Å². The summed E-state index contributed by atoms with van der Waals surface area (Å²) in [6.45, 7) is 3.44. The zero-order valence-corrected chi connectivity index (χ0v) is 17.4.